The van der Waals surface area contributed by atoms with Crippen molar-refractivity contribution in [3.05, 3.63) is 30.3 Å². The largest absolute Gasteiger partial charge is 0.494 e. The number of ether oxygens (including phenoxy) is 1. The lowest BCUT2D eigenvalue weighted by Crippen LogP contribution is -2.43. The van der Waals surface area contributed by atoms with E-state index in [0.717, 1.165) is 31.9 Å². The van der Waals surface area contributed by atoms with Crippen LogP contribution in [0.1, 0.15) is 19.3 Å². The van der Waals surface area contributed by atoms with Crippen LogP contribution < -0.4 is 15.4 Å². The van der Waals surface area contributed by atoms with Crippen LogP contribution in [-0.4, -0.2) is 32.3 Å². The molecular weight excluding hydrogens is 212 g/mol. The maximum atomic E-state index is 5.64. The highest BCUT2D eigenvalue weighted by Gasteiger charge is 2.10. The lowest BCUT2D eigenvalue weighted by molar-refractivity contribution is 0.299. The summed E-state index contributed by atoms with van der Waals surface area (Å²) in [4.78, 5) is 0. The molecule has 1 atom stereocenters. The Morgan fingerprint density at radius 1 is 1.29 bits per heavy atom. The van der Waals surface area contributed by atoms with Gasteiger partial charge in [0.1, 0.15) is 5.75 Å². The zero-order valence-corrected chi connectivity index (χ0v) is 10.3. The molecule has 0 radical (unpaired) electrons. The van der Waals surface area contributed by atoms with Gasteiger partial charge in [0, 0.05) is 12.6 Å². The molecule has 1 heterocycles. The van der Waals surface area contributed by atoms with Crippen LogP contribution in [0.4, 0.5) is 0 Å². The molecule has 94 valence electrons. The third-order valence-corrected chi connectivity index (χ3v) is 3.06. The fraction of sp³-hybridized carbons (Fsp3) is 0.571. The van der Waals surface area contributed by atoms with Gasteiger partial charge < -0.3 is 15.4 Å². The third kappa shape index (κ3) is 4.75. The summed E-state index contributed by atoms with van der Waals surface area (Å²) in [7, 11) is 0. The molecule has 1 unspecified atom stereocenters. The Morgan fingerprint density at radius 3 is 2.94 bits per heavy atom. The van der Waals surface area contributed by atoms with E-state index in [1.54, 1.807) is 0 Å². The molecule has 0 spiro atoms. The smallest absolute Gasteiger partial charge is 0.119 e. The van der Waals surface area contributed by atoms with E-state index in [9.17, 15) is 0 Å². The van der Waals surface area contributed by atoms with Gasteiger partial charge in [0.2, 0.25) is 0 Å². The van der Waals surface area contributed by atoms with Crippen molar-refractivity contribution in [2.24, 2.45) is 0 Å². The first kappa shape index (κ1) is 12.4. The highest BCUT2D eigenvalue weighted by molar-refractivity contribution is 5.20. The van der Waals surface area contributed by atoms with E-state index in [4.69, 9.17) is 4.74 Å². The van der Waals surface area contributed by atoms with Gasteiger partial charge in [-0.25, -0.2) is 0 Å². The Balaban J connectivity index is 1.51. The standard InChI is InChI=1S/C14H22N2O/c1-2-7-14(8-3-1)17-11-5-10-16-13-6-4-9-15-12-13/h1-3,7-8,13,15-16H,4-6,9-12H2. The number of piperidine rings is 1. The van der Waals surface area contributed by atoms with Crippen molar-refractivity contribution >= 4 is 0 Å². The quantitative estimate of drug-likeness (QED) is 0.736. The Hall–Kier alpha value is -1.06. The monoisotopic (exact) mass is 234 g/mol. The first-order valence-electron chi connectivity index (χ1n) is 6.57. The molecule has 1 saturated heterocycles. The molecule has 17 heavy (non-hydrogen) atoms. The minimum Gasteiger partial charge on any atom is -0.494 e. The van der Waals surface area contributed by atoms with Crippen molar-refractivity contribution in [2.75, 3.05) is 26.2 Å². The van der Waals surface area contributed by atoms with Crippen LogP contribution in [0.25, 0.3) is 0 Å². The van der Waals surface area contributed by atoms with E-state index in [2.05, 4.69) is 10.6 Å². The Bertz CT molecular complexity index is 296. The lowest BCUT2D eigenvalue weighted by Gasteiger charge is -2.23. The summed E-state index contributed by atoms with van der Waals surface area (Å²) in [6, 6.07) is 10.7. The van der Waals surface area contributed by atoms with E-state index in [0.29, 0.717) is 6.04 Å². The Labute approximate surface area is 104 Å². The van der Waals surface area contributed by atoms with Gasteiger partial charge in [0.05, 0.1) is 6.61 Å². The Kier molecular flexibility index (Phi) is 5.33. The van der Waals surface area contributed by atoms with Crippen LogP contribution in [0.3, 0.4) is 0 Å². The van der Waals surface area contributed by atoms with Crippen LogP contribution in [0, 0.1) is 0 Å². The first-order chi connectivity index (χ1) is 8.45. The summed E-state index contributed by atoms with van der Waals surface area (Å²) in [5.74, 6) is 0.965. The minimum atomic E-state index is 0.653. The van der Waals surface area contributed by atoms with Gasteiger partial charge in [-0.2, -0.15) is 0 Å². The normalized spacial score (nSPS) is 20.1. The van der Waals surface area contributed by atoms with Crippen molar-refractivity contribution in [3.8, 4) is 5.75 Å². The summed E-state index contributed by atoms with van der Waals surface area (Å²) in [5, 5.41) is 6.97. The molecule has 0 aliphatic carbocycles. The molecular formula is C14H22N2O. The molecule has 0 amide bonds. The van der Waals surface area contributed by atoms with Gasteiger partial charge in [0.25, 0.3) is 0 Å². The highest BCUT2D eigenvalue weighted by atomic mass is 16.5. The summed E-state index contributed by atoms with van der Waals surface area (Å²) < 4.78 is 5.64. The molecule has 0 saturated carbocycles. The molecule has 3 nitrogen and oxygen atoms in total. The minimum absolute atomic E-state index is 0.653. The van der Waals surface area contributed by atoms with E-state index < -0.39 is 0 Å². The number of hydrogen-bond acceptors (Lipinski definition) is 3. The maximum Gasteiger partial charge on any atom is 0.119 e. The van der Waals surface area contributed by atoms with Crippen LogP contribution in [0.2, 0.25) is 0 Å². The number of para-hydroxylation sites is 1. The van der Waals surface area contributed by atoms with Gasteiger partial charge in [-0.3, -0.25) is 0 Å². The molecule has 3 heteroatoms. The zero-order chi connectivity index (χ0) is 11.8. The van der Waals surface area contributed by atoms with Crippen molar-refractivity contribution < 1.29 is 4.74 Å². The Morgan fingerprint density at radius 2 is 2.18 bits per heavy atom. The highest BCUT2D eigenvalue weighted by Crippen LogP contribution is 2.08. The van der Waals surface area contributed by atoms with Gasteiger partial charge in [0.15, 0.2) is 0 Å². The van der Waals surface area contributed by atoms with Crippen molar-refractivity contribution in [3.63, 3.8) is 0 Å². The van der Waals surface area contributed by atoms with Crippen molar-refractivity contribution in [1.29, 1.82) is 0 Å². The molecule has 0 bridgehead atoms. The van der Waals surface area contributed by atoms with Gasteiger partial charge in [-0.15, -0.1) is 0 Å². The van der Waals surface area contributed by atoms with Crippen molar-refractivity contribution in [1.82, 2.24) is 10.6 Å². The number of benzene rings is 1. The van der Waals surface area contributed by atoms with E-state index in [-0.39, 0.29) is 0 Å². The van der Waals surface area contributed by atoms with E-state index in [1.807, 2.05) is 30.3 Å². The third-order valence-electron chi connectivity index (χ3n) is 3.06. The van der Waals surface area contributed by atoms with Crippen LogP contribution in [0.15, 0.2) is 30.3 Å². The summed E-state index contributed by atoms with van der Waals surface area (Å²) in [5.41, 5.74) is 0. The number of hydrogen-bond donors (Lipinski definition) is 2. The first-order valence-corrected chi connectivity index (χ1v) is 6.57. The average Bonchev–Trinajstić information content (AvgIpc) is 2.41. The topological polar surface area (TPSA) is 33.3 Å². The number of rotatable bonds is 6. The predicted molar refractivity (Wildman–Crippen MR) is 70.4 cm³/mol. The molecule has 2 N–H and O–H groups in total. The zero-order valence-electron chi connectivity index (χ0n) is 10.3. The maximum absolute atomic E-state index is 5.64. The molecule has 1 aliphatic heterocycles. The van der Waals surface area contributed by atoms with Gasteiger partial charge in [-0.1, -0.05) is 18.2 Å². The average molecular weight is 234 g/mol. The second-order valence-corrected chi connectivity index (χ2v) is 4.51. The SMILES string of the molecule is c1ccc(OCCCNC2CCCNC2)cc1. The molecule has 1 aliphatic rings. The van der Waals surface area contributed by atoms with Gasteiger partial charge in [-0.05, 0) is 44.5 Å². The summed E-state index contributed by atoms with van der Waals surface area (Å²) in [6.07, 6.45) is 3.65. The van der Waals surface area contributed by atoms with Crippen LogP contribution in [0.5, 0.6) is 5.75 Å². The molecule has 0 aromatic heterocycles. The van der Waals surface area contributed by atoms with Crippen LogP contribution in [-0.2, 0) is 0 Å². The number of nitrogens with one attached hydrogen (secondary N) is 2. The van der Waals surface area contributed by atoms with Gasteiger partial charge >= 0.3 is 0 Å². The fourth-order valence-corrected chi connectivity index (χ4v) is 2.11. The molecule has 1 fully saturated rings. The second-order valence-electron chi connectivity index (χ2n) is 4.51. The van der Waals surface area contributed by atoms with Crippen LogP contribution >= 0.6 is 0 Å². The van der Waals surface area contributed by atoms with E-state index in [1.165, 1.54) is 19.4 Å². The second kappa shape index (κ2) is 7.30. The van der Waals surface area contributed by atoms with Crippen molar-refractivity contribution in [2.45, 2.75) is 25.3 Å². The lowest BCUT2D eigenvalue weighted by atomic mass is 10.1. The summed E-state index contributed by atoms with van der Waals surface area (Å²) in [6.45, 7) is 4.12. The van der Waals surface area contributed by atoms with E-state index >= 15 is 0 Å². The molecule has 1 aromatic carbocycles. The molecule has 1 aromatic rings. The predicted octanol–water partition coefficient (Wildman–Crippen LogP) is 1.80. The summed E-state index contributed by atoms with van der Waals surface area (Å²) >= 11 is 0. The molecule has 2 rings (SSSR count). The fourth-order valence-electron chi connectivity index (χ4n) is 2.11.